The highest BCUT2D eigenvalue weighted by Gasteiger charge is 2.70. The number of hydrogen-bond donors (Lipinski definition) is 0. The molecule has 5 aliphatic carbocycles. The Labute approximate surface area is 209 Å². The maximum absolute atomic E-state index is 4.89. The van der Waals surface area contributed by atoms with Gasteiger partial charge in [0, 0.05) is 18.3 Å². The lowest BCUT2D eigenvalue weighted by Crippen LogP contribution is -2.67. The summed E-state index contributed by atoms with van der Waals surface area (Å²) < 4.78 is 0. The number of rotatable bonds is 0. The van der Waals surface area contributed by atoms with E-state index in [1.807, 2.05) is 12.4 Å². The molecule has 0 N–H and O–H groups in total. The zero-order valence-electron chi connectivity index (χ0n) is 23.4. The fourth-order valence-corrected chi connectivity index (χ4v) is 11.5. The normalized spacial score (nSPS) is 53.5. The second-order valence-electron chi connectivity index (χ2n) is 15.9. The predicted molar refractivity (Wildman–Crippen MR) is 140 cm³/mol. The first-order valence-electron chi connectivity index (χ1n) is 14.6. The third kappa shape index (κ3) is 2.75. The van der Waals surface area contributed by atoms with Gasteiger partial charge in [-0.05, 0) is 114 Å². The molecule has 0 unspecified atom stereocenters. The first kappa shape index (κ1) is 23.5. The van der Waals surface area contributed by atoms with Crippen LogP contribution in [0.15, 0.2) is 12.4 Å². The standard InChI is InChI=1S/C32H50N2/c1-21-26-22(33-17-18-34-26)19-24-29(21,5)10-9-23-30(24,6)14-16-32(8)25-20-27(2,3)11-12-28(25,4)13-15-31(23,32)7/h17-18,21,23-25H,9-16,19-20H2,1-8H3/t21-,23-,24+,25+,28+,29+,30+,31+,32-/m0/s1. The Kier molecular flexibility index (Phi) is 4.76. The van der Waals surface area contributed by atoms with E-state index in [-0.39, 0.29) is 0 Å². The molecule has 0 spiro atoms. The topological polar surface area (TPSA) is 25.8 Å². The molecule has 1 aromatic rings. The maximum atomic E-state index is 4.89. The van der Waals surface area contributed by atoms with Crippen LogP contribution in [0, 0.1) is 50.2 Å². The Bertz CT molecular complexity index is 998. The monoisotopic (exact) mass is 462 g/mol. The molecule has 5 aliphatic rings. The SMILES string of the molecule is C[C@H]1c2nccnc2C[C@@H]2[C@]1(C)CC[C@H]1[C@@]2(C)CC[C@@]2(C)[C@@H]3CC(C)(C)CC[C@]3(C)CC[C@]12C. The van der Waals surface area contributed by atoms with Gasteiger partial charge in [-0.15, -0.1) is 0 Å². The largest absolute Gasteiger partial charge is 0.258 e. The van der Waals surface area contributed by atoms with Gasteiger partial charge in [0.2, 0.25) is 0 Å². The average Bonchev–Trinajstić information content (AvgIpc) is 2.79. The summed E-state index contributed by atoms with van der Waals surface area (Å²) in [6.07, 6.45) is 17.9. The molecule has 2 nitrogen and oxygen atoms in total. The summed E-state index contributed by atoms with van der Waals surface area (Å²) in [5.74, 6) is 2.98. The van der Waals surface area contributed by atoms with Gasteiger partial charge in [0.1, 0.15) is 0 Å². The van der Waals surface area contributed by atoms with Crippen LogP contribution in [0.1, 0.15) is 130 Å². The van der Waals surface area contributed by atoms with Gasteiger partial charge in [0.05, 0.1) is 11.4 Å². The van der Waals surface area contributed by atoms with E-state index in [2.05, 4.69) is 55.4 Å². The van der Waals surface area contributed by atoms with Crippen molar-refractivity contribution in [1.82, 2.24) is 9.97 Å². The number of aromatic nitrogens is 2. The Balaban J connectivity index is 1.42. The Morgan fingerprint density at radius 2 is 1.32 bits per heavy atom. The molecule has 1 aromatic heterocycles. The minimum atomic E-state index is 0.356. The third-order valence-electron chi connectivity index (χ3n) is 14.2. The third-order valence-corrected chi connectivity index (χ3v) is 14.2. The minimum Gasteiger partial charge on any atom is -0.258 e. The van der Waals surface area contributed by atoms with Crippen molar-refractivity contribution in [3.8, 4) is 0 Å². The van der Waals surface area contributed by atoms with Gasteiger partial charge in [0.15, 0.2) is 0 Å². The summed E-state index contributed by atoms with van der Waals surface area (Å²) in [5, 5.41) is 0. The van der Waals surface area contributed by atoms with Crippen molar-refractivity contribution in [1.29, 1.82) is 0 Å². The average molecular weight is 463 g/mol. The van der Waals surface area contributed by atoms with Gasteiger partial charge >= 0.3 is 0 Å². The Morgan fingerprint density at radius 3 is 2.09 bits per heavy atom. The molecular formula is C32H50N2. The summed E-state index contributed by atoms with van der Waals surface area (Å²) in [6, 6.07) is 0. The van der Waals surface area contributed by atoms with E-state index in [0.717, 1.165) is 24.2 Å². The van der Waals surface area contributed by atoms with Crippen LogP contribution in [0.25, 0.3) is 0 Å². The van der Waals surface area contributed by atoms with E-state index in [0.29, 0.717) is 38.4 Å². The van der Waals surface area contributed by atoms with E-state index >= 15 is 0 Å². The molecular weight excluding hydrogens is 412 g/mol. The molecule has 0 amide bonds. The van der Waals surface area contributed by atoms with Gasteiger partial charge in [-0.1, -0.05) is 55.4 Å². The molecule has 4 fully saturated rings. The molecule has 188 valence electrons. The van der Waals surface area contributed by atoms with Crippen molar-refractivity contribution < 1.29 is 0 Å². The van der Waals surface area contributed by atoms with E-state index < -0.39 is 0 Å². The van der Waals surface area contributed by atoms with Crippen molar-refractivity contribution >= 4 is 0 Å². The molecule has 0 radical (unpaired) electrons. The van der Waals surface area contributed by atoms with Crippen LogP contribution in [-0.2, 0) is 6.42 Å². The second kappa shape index (κ2) is 6.89. The predicted octanol–water partition coefficient (Wildman–Crippen LogP) is 8.61. The lowest BCUT2D eigenvalue weighted by Gasteiger charge is -2.74. The van der Waals surface area contributed by atoms with Gasteiger partial charge < -0.3 is 0 Å². The van der Waals surface area contributed by atoms with Gasteiger partial charge in [-0.3, -0.25) is 9.97 Å². The van der Waals surface area contributed by atoms with Crippen molar-refractivity contribution in [2.75, 3.05) is 0 Å². The van der Waals surface area contributed by atoms with E-state index in [9.17, 15) is 0 Å². The second-order valence-corrected chi connectivity index (χ2v) is 15.9. The summed E-state index contributed by atoms with van der Waals surface area (Å²) in [7, 11) is 0. The zero-order chi connectivity index (χ0) is 24.4. The van der Waals surface area contributed by atoms with Gasteiger partial charge in [-0.25, -0.2) is 0 Å². The molecule has 1 heterocycles. The van der Waals surface area contributed by atoms with Gasteiger partial charge in [-0.2, -0.15) is 0 Å². The number of hydrogen-bond acceptors (Lipinski definition) is 2. The summed E-state index contributed by atoms with van der Waals surface area (Å²) in [6.45, 7) is 21.2. The van der Waals surface area contributed by atoms with Crippen molar-refractivity contribution in [2.24, 2.45) is 50.2 Å². The van der Waals surface area contributed by atoms with Crippen LogP contribution >= 0.6 is 0 Å². The molecule has 0 aliphatic heterocycles. The molecule has 9 atom stereocenters. The van der Waals surface area contributed by atoms with Crippen molar-refractivity contribution in [3.63, 3.8) is 0 Å². The molecule has 0 bridgehead atoms. The summed E-state index contributed by atoms with van der Waals surface area (Å²) >= 11 is 0. The highest BCUT2D eigenvalue weighted by molar-refractivity contribution is 5.28. The summed E-state index contributed by atoms with van der Waals surface area (Å²) in [4.78, 5) is 9.75. The Morgan fingerprint density at radius 1 is 0.676 bits per heavy atom. The fraction of sp³-hybridized carbons (Fsp3) is 0.875. The van der Waals surface area contributed by atoms with Crippen molar-refractivity contribution in [3.05, 3.63) is 23.8 Å². The molecule has 0 aromatic carbocycles. The number of fused-ring (bicyclic) bond motifs is 8. The van der Waals surface area contributed by atoms with E-state index in [1.165, 1.54) is 69.2 Å². The van der Waals surface area contributed by atoms with Crippen LogP contribution < -0.4 is 0 Å². The van der Waals surface area contributed by atoms with Crippen LogP contribution in [0.3, 0.4) is 0 Å². The van der Waals surface area contributed by atoms with E-state index in [1.54, 1.807) is 0 Å². The highest BCUT2D eigenvalue weighted by atomic mass is 14.8. The lowest BCUT2D eigenvalue weighted by atomic mass is 9.30. The number of nitrogens with zero attached hydrogens (tertiary/aromatic N) is 2. The van der Waals surface area contributed by atoms with Crippen LogP contribution in [0.2, 0.25) is 0 Å². The molecule has 34 heavy (non-hydrogen) atoms. The zero-order valence-corrected chi connectivity index (χ0v) is 23.4. The molecule has 6 rings (SSSR count). The highest BCUT2D eigenvalue weighted by Crippen LogP contribution is 2.78. The van der Waals surface area contributed by atoms with Crippen LogP contribution in [-0.4, -0.2) is 9.97 Å². The maximum Gasteiger partial charge on any atom is 0.0652 e. The minimum absolute atomic E-state index is 0.356. The fourth-order valence-electron chi connectivity index (χ4n) is 11.5. The molecule has 0 saturated heterocycles. The quantitative estimate of drug-likeness (QED) is 0.385. The first-order chi connectivity index (χ1) is 15.8. The smallest absolute Gasteiger partial charge is 0.0652 e. The van der Waals surface area contributed by atoms with E-state index in [4.69, 9.17) is 9.97 Å². The van der Waals surface area contributed by atoms with Crippen molar-refractivity contribution in [2.45, 2.75) is 126 Å². The Hall–Kier alpha value is -0.920. The van der Waals surface area contributed by atoms with Crippen LogP contribution in [0.4, 0.5) is 0 Å². The van der Waals surface area contributed by atoms with Gasteiger partial charge in [0.25, 0.3) is 0 Å². The lowest BCUT2D eigenvalue weighted by molar-refractivity contribution is -0.253. The summed E-state index contributed by atoms with van der Waals surface area (Å²) in [5.41, 5.74) is 5.40. The first-order valence-corrected chi connectivity index (χ1v) is 14.6. The molecule has 4 saturated carbocycles. The van der Waals surface area contributed by atoms with Crippen LogP contribution in [0.5, 0.6) is 0 Å². The molecule has 2 heteroatoms.